The fourth-order valence-corrected chi connectivity index (χ4v) is 4.27. The standard InChI is InChI=1S/C15H19N3OS2.HI/c16-15(18-5-7-20-8-6-18)17-10-12(19)14-9-11-3-1-2-4-13(11)21-14;/h1-4,9,12,19H,5-8,10H2,(H2,16,17);1H. The third-order valence-electron chi connectivity index (χ3n) is 3.53. The van der Waals surface area contributed by atoms with Crippen LogP contribution in [0.4, 0.5) is 0 Å². The maximum Gasteiger partial charge on any atom is 0.191 e. The van der Waals surface area contributed by atoms with Crippen LogP contribution in [0.2, 0.25) is 0 Å². The first-order valence-electron chi connectivity index (χ1n) is 7.03. The molecule has 1 aromatic heterocycles. The second-order valence-electron chi connectivity index (χ2n) is 5.00. The zero-order chi connectivity index (χ0) is 14.7. The van der Waals surface area contributed by atoms with Gasteiger partial charge in [-0.2, -0.15) is 11.8 Å². The molecule has 0 spiro atoms. The molecule has 2 heterocycles. The number of halogens is 1. The molecular formula is C15H20IN3OS2. The van der Waals surface area contributed by atoms with Crippen molar-refractivity contribution in [1.29, 1.82) is 0 Å². The van der Waals surface area contributed by atoms with Gasteiger partial charge < -0.3 is 15.7 Å². The number of aliphatic hydroxyl groups excluding tert-OH is 1. The number of thiophene rings is 1. The lowest BCUT2D eigenvalue weighted by molar-refractivity contribution is 0.190. The second kappa shape index (κ2) is 8.37. The Kier molecular flexibility index (Phi) is 6.79. The van der Waals surface area contributed by atoms with Gasteiger partial charge in [0.25, 0.3) is 0 Å². The van der Waals surface area contributed by atoms with Crippen LogP contribution in [0.15, 0.2) is 35.3 Å². The van der Waals surface area contributed by atoms with Gasteiger partial charge in [-0.15, -0.1) is 35.3 Å². The van der Waals surface area contributed by atoms with E-state index in [0.29, 0.717) is 12.5 Å². The van der Waals surface area contributed by atoms with Gasteiger partial charge in [0, 0.05) is 34.2 Å². The maximum atomic E-state index is 10.3. The molecule has 1 unspecified atom stereocenters. The van der Waals surface area contributed by atoms with Gasteiger partial charge in [-0.3, -0.25) is 4.99 Å². The third kappa shape index (κ3) is 4.27. The van der Waals surface area contributed by atoms with Crippen molar-refractivity contribution in [2.45, 2.75) is 6.10 Å². The predicted octanol–water partition coefficient (Wildman–Crippen LogP) is 2.92. The highest BCUT2D eigenvalue weighted by atomic mass is 127. The van der Waals surface area contributed by atoms with Crippen LogP contribution < -0.4 is 5.73 Å². The van der Waals surface area contributed by atoms with Crippen molar-refractivity contribution in [3.63, 3.8) is 0 Å². The first-order chi connectivity index (χ1) is 10.2. The molecule has 1 atom stereocenters. The molecule has 2 aromatic rings. The van der Waals surface area contributed by atoms with E-state index in [4.69, 9.17) is 5.73 Å². The molecule has 7 heteroatoms. The number of aliphatic hydroxyl groups is 1. The van der Waals surface area contributed by atoms with Crippen molar-refractivity contribution in [2.75, 3.05) is 31.1 Å². The van der Waals surface area contributed by atoms with Crippen molar-refractivity contribution in [1.82, 2.24) is 4.90 Å². The molecule has 1 saturated heterocycles. The minimum Gasteiger partial charge on any atom is -0.386 e. The van der Waals surface area contributed by atoms with E-state index in [1.165, 1.54) is 10.1 Å². The van der Waals surface area contributed by atoms with E-state index in [1.54, 1.807) is 11.3 Å². The molecular weight excluding hydrogens is 429 g/mol. The normalized spacial score (nSPS) is 17.3. The molecule has 0 amide bonds. The van der Waals surface area contributed by atoms with E-state index < -0.39 is 6.10 Å². The summed E-state index contributed by atoms with van der Waals surface area (Å²) in [5.41, 5.74) is 6.01. The van der Waals surface area contributed by atoms with Crippen LogP contribution in [0.1, 0.15) is 11.0 Å². The van der Waals surface area contributed by atoms with E-state index in [1.807, 2.05) is 30.0 Å². The third-order valence-corrected chi connectivity index (χ3v) is 5.69. The van der Waals surface area contributed by atoms with Gasteiger partial charge in [-0.25, -0.2) is 0 Å². The van der Waals surface area contributed by atoms with Crippen LogP contribution in [0, 0.1) is 0 Å². The van der Waals surface area contributed by atoms with Crippen LogP contribution in [0.25, 0.3) is 10.1 Å². The first kappa shape index (κ1) is 17.8. The number of fused-ring (bicyclic) bond motifs is 1. The van der Waals surface area contributed by atoms with Gasteiger partial charge in [-0.1, -0.05) is 18.2 Å². The number of aliphatic imine (C=N–C) groups is 1. The van der Waals surface area contributed by atoms with Gasteiger partial charge in [0.15, 0.2) is 5.96 Å². The quantitative estimate of drug-likeness (QED) is 0.430. The van der Waals surface area contributed by atoms with Crippen LogP contribution in [0.3, 0.4) is 0 Å². The Bertz CT molecular complexity index is 608. The molecule has 0 aliphatic carbocycles. The van der Waals surface area contributed by atoms with Gasteiger partial charge in [0.05, 0.1) is 6.54 Å². The summed E-state index contributed by atoms with van der Waals surface area (Å²) < 4.78 is 1.19. The first-order valence-corrected chi connectivity index (χ1v) is 9.00. The lowest BCUT2D eigenvalue weighted by Crippen LogP contribution is -2.42. The summed E-state index contributed by atoms with van der Waals surface area (Å²) >= 11 is 3.56. The average molecular weight is 449 g/mol. The number of hydrogen-bond donors (Lipinski definition) is 2. The fourth-order valence-electron chi connectivity index (χ4n) is 2.33. The van der Waals surface area contributed by atoms with Gasteiger partial charge in [-0.05, 0) is 17.5 Å². The largest absolute Gasteiger partial charge is 0.386 e. The number of nitrogens with zero attached hydrogens (tertiary/aromatic N) is 2. The zero-order valence-corrected chi connectivity index (χ0v) is 16.1. The van der Waals surface area contributed by atoms with Crippen LogP contribution in [-0.4, -0.2) is 47.1 Å². The van der Waals surface area contributed by atoms with E-state index in [0.717, 1.165) is 29.5 Å². The predicted molar refractivity (Wildman–Crippen MR) is 108 cm³/mol. The molecule has 4 nitrogen and oxygen atoms in total. The van der Waals surface area contributed by atoms with E-state index in [9.17, 15) is 5.11 Å². The Balaban J connectivity index is 0.00000176. The molecule has 0 bridgehead atoms. The molecule has 0 saturated carbocycles. The second-order valence-corrected chi connectivity index (χ2v) is 7.34. The summed E-state index contributed by atoms with van der Waals surface area (Å²) in [6.07, 6.45) is -0.583. The topological polar surface area (TPSA) is 61.9 Å². The summed E-state index contributed by atoms with van der Waals surface area (Å²) in [7, 11) is 0. The van der Waals surface area contributed by atoms with Crippen LogP contribution in [-0.2, 0) is 0 Å². The van der Waals surface area contributed by atoms with Gasteiger partial charge >= 0.3 is 0 Å². The summed E-state index contributed by atoms with van der Waals surface area (Å²) in [5, 5.41) is 11.5. The van der Waals surface area contributed by atoms with Crippen LogP contribution in [0.5, 0.6) is 0 Å². The van der Waals surface area contributed by atoms with Gasteiger partial charge in [0.2, 0.25) is 0 Å². The lowest BCUT2D eigenvalue weighted by Gasteiger charge is -2.27. The maximum absolute atomic E-state index is 10.3. The van der Waals surface area contributed by atoms with Crippen molar-refractivity contribution in [3.05, 3.63) is 35.2 Å². The Morgan fingerprint density at radius 2 is 2.05 bits per heavy atom. The molecule has 22 heavy (non-hydrogen) atoms. The smallest absolute Gasteiger partial charge is 0.191 e. The number of guanidine groups is 1. The lowest BCUT2D eigenvalue weighted by atomic mass is 10.2. The van der Waals surface area contributed by atoms with Crippen molar-refractivity contribution >= 4 is 63.1 Å². The summed E-state index contributed by atoms with van der Waals surface area (Å²) in [5.74, 6) is 2.74. The minimum atomic E-state index is -0.583. The molecule has 1 aromatic carbocycles. The fraction of sp³-hybridized carbons (Fsp3) is 0.400. The van der Waals surface area contributed by atoms with Crippen molar-refractivity contribution in [2.24, 2.45) is 10.7 Å². The Hall–Kier alpha value is -0.510. The highest BCUT2D eigenvalue weighted by Crippen LogP contribution is 2.29. The highest BCUT2D eigenvalue weighted by Gasteiger charge is 2.14. The zero-order valence-electron chi connectivity index (χ0n) is 12.1. The summed E-state index contributed by atoms with van der Waals surface area (Å²) in [6, 6.07) is 10.2. The van der Waals surface area contributed by atoms with Crippen molar-refractivity contribution < 1.29 is 5.11 Å². The molecule has 3 rings (SSSR count). The number of benzene rings is 1. The monoisotopic (exact) mass is 449 g/mol. The molecule has 3 N–H and O–H groups in total. The number of rotatable bonds is 3. The molecule has 1 aliphatic heterocycles. The van der Waals surface area contributed by atoms with E-state index in [-0.39, 0.29) is 24.0 Å². The summed E-state index contributed by atoms with van der Waals surface area (Å²) in [6.45, 7) is 2.21. The van der Waals surface area contributed by atoms with Crippen molar-refractivity contribution in [3.8, 4) is 0 Å². The highest BCUT2D eigenvalue weighted by molar-refractivity contribution is 14.0. The number of hydrogen-bond acceptors (Lipinski definition) is 4. The minimum absolute atomic E-state index is 0. The number of nitrogens with two attached hydrogens (primary N) is 1. The number of thioether (sulfide) groups is 1. The van der Waals surface area contributed by atoms with E-state index >= 15 is 0 Å². The summed E-state index contributed by atoms with van der Waals surface area (Å²) in [4.78, 5) is 7.40. The molecule has 0 radical (unpaired) electrons. The Morgan fingerprint density at radius 1 is 1.32 bits per heavy atom. The Labute approximate surface area is 155 Å². The molecule has 120 valence electrons. The molecule has 1 aliphatic rings. The average Bonchev–Trinajstić information content (AvgIpc) is 2.97. The molecule has 1 fully saturated rings. The Morgan fingerprint density at radius 3 is 2.77 bits per heavy atom. The van der Waals surface area contributed by atoms with E-state index in [2.05, 4.69) is 22.0 Å². The SMILES string of the molecule is I.NC(=NCC(O)c1cc2ccccc2s1)N1CCSCC1. The van der Waals surface area contributed by atoms with Crippen LogP contribution >= 0.6 is 47.1 Å². The van der Waals surface area contributed by atoms with Gasteiger partial charge in [0.1, 0.15) is 6.10 Å².